The van der Waals surface area contributed by atoms with Gasteiger partial charge in [-0.1, -0.05) is 65.0 Å². The number of hydrogen-bond donors (Lipinski definition) is 0. The third kappa shape index (κ3) is 6.38. The molecule has 0 amide bonds. The molecule has 142 valence electrons. The lowest BCUT2D eigenvalue weighted by Crippen LogP contribution is -2.36. The van der Waals surface area contributed by atoms with E-state index in [4.69, 9.17) is 14.2 Å². The smallest absolute Gasteiger partial charge is 0.204 e. The van der Waals surface area contributed by atoms with Crippen LogP contribution in [0.25, 0.3) is 0 Å². The van der Waals surface area contributed by atoms with E-state index in [-0.39, 0.29) is 11.7 Å². The summed E-state index contributed by atoms with van der Waals surface area (Å²) in [6.07, 6.45) is 0.798. The Morgan fingerprint density at radius 1 is 0.846 bits per heavy atom. The number of ether oxygens (including phenoxy) is 3. The van der Waals surface area contributed by atoms with Crippen LogP contribution in [0.5, 0.6) is 11.5 Å². The number of para-hydroxylation sites is 1. The van der Waals surface area contributed by atoms with Gasteiger partial charge in [0, 0.05) is 5.41 Å². The van der Waals surface area contributed by atoms with Crippen molar-refractivity contribution in [2.24, 2.45) is 5.41 Å². The Kier molecular flexibility index (Phi) is 7.52. The Labute approximate surface area is 158 Å². The molecule has 2 aromatic rings. The monoisotopic (exact) mass is 356 g/mol. The zero-order chi connectivity index (χ0) is 19.0. The topological polar surface area (TPSA) is 27.7 Å². The van der Waals surface area contributed by atoms with Gasteiger partial charge in [-0.25, -0.2) is 0 Å². The van der Waals surface area contributed by atoms with E-state index in [2.05, 4.69) is 46.8 Å². The standard InChI is InChI=1S/C23H32O3/c1-6-18(2)19-12-14-21(15-13-19)26-22(23(3,4)5)25-17-16-24-20-10-8-7-9-11-20/h7-15,18,22H,6,16-17H2,1-5H3. The minimum atomic E-state index is -0.337. The lowest BCUT2D eigenvalue weighted by molar-refractivity contribution is -0.145. The molecule has 2 unspecified atom stereocenters. The maximum atomic E-state index is 6.12. The van der Waals surface area contributed by atoms with E-state index < -0.39 is 0 Å². The highest BCUT2D eigenvalue weighted by Crippen LogP contribution is 2.27. The number of benzene rings is 2. The molecule has 0 aliphatic carbocycles. The Bertz CT molecular complexity index is 629. The van der Waals surface area contributed by atoms with E-state index in [1.165, 1.54) is 5.56 Å². The molecule has 0 aromatic heterocycles. The van der Waals surface area contributed by atoms with Crippen molar-refractivity contribution < 1.29 is 14.2 Å². The lowest BCUT2D eigenvalue weighted by atomic mass is 9.95. The Morgan fingerprint density at radius 3 is 2.08 bits per heavy atom. The van der Waals surface area contributed by atoms with Crippen LogP contribution in [-0.2, 0) is 4.74 Å². The molecule has 0 N–H and O–H groups in total. The van der Waals surface area contributed by atoms with Gasteiger partial charge >= 0.3 is 0 Å². The largest absolute Gasteiger partial charge is 0.491 e. The molecule has 0 aliphatic rings. The number of hydrogen-bond acceptors (Lipinski definition) is 3. The van der Waals surface area contributed by atoms with Crippen molar-refractivity contribution in [3.8, 4) is 11.5 Å². The average molecular weight is 357 g/mol. The first-order valence-electron chi connectivity index (χ1n) is 9.46. The van der Waals surface area contributed by atoms with Crippen LogP contribution in [0, 0.1) is 5.41 Å². The van der Waals surface area contributed by atoms with Crippen molar-refractivity contribution in [2.45, 2.75) is 53.2 Å². The van der Waals surface area contributed by atoms with Gasteiger partial charge in [0.1, 0.15) is 18.1 Å². The minimum absolute atomic E-state index is 0.137. The SMILES string of the molecule is CCC(C)c1ccc(OC(OCCOc2ccccc2)C(C)(C)C)cc1. The second-order valence-corrected chi connectivity index (χ2v) is 7.73. The van der Waals surface area contributed by atoms with Crippen LogP contribution in [0.3, 0.4) is 0 Å². The minimum Gasteiger partial charge on any atom is -0.491 e. The van der Waals surface area contributed by atoms with E-state index in [1.807, 2.05) is 42.5 Å². The molecular formula is C23H32O3. The van der Waals surface area contributed by atoms with E-state index in [0.717, 1.165) is 17.9 Å². The second kappa shape index (κ2) is 9.63. The molecule has 3 heteroatoms. The first-order valence-corrected chi connectivity index (χ1v) is 9.46. The zero-order valence-electron chi connectivity index (χ0n) is 16.7. The van der Waals surface area contributed by atoms with Gasteiger partial charge in [-0.3, -0.25) is 0 Å². The molecule has 0 saturated heterocycles. The van der Waals surface area contributed by atoms with Crippen molar-refractivity contribution in [1.29, 1.82) is 0 Å². The third-order valence-electron chi connectivity index (χ3n) is 4.38. The molecule has 0 heterocycles. The molecule has 3 nitrogen and oxygen atoms in total. The van der Waals surface area contributed by atoms with Crippen molar-refractivity contribution in [1.82, 2.24) is 0 Å². The summed E-state index contributed by atoms with van der Waals surface area (Å²) < 4.78 is 17.8. The van der Waals surface area contributed by atoms with E-state index >= 15 is 0 Å². The highest BCUT2D eigenvalue weighted by Gasteiger charge is 2.27. The molecule has 2 aromatic carbocycles. The maximum absolute atomic E-state index is 6.12. The van der Waals surface area contributed by atoms with E-state index in [0.29, 0.717) is 19.1 Å². The lowest BCUT2D eigenvalue weighted by Gasteiger charge is -2.31. The highest BCUT2D eigenvalue weighted by molar-refractivity contribution is 5.29. The predicted molar refractivity (Wildman–Crippen MR) is 107 cm³/mol. The van der Waals surface area contributed by atoms with Crippen LogP contribution < -0.4 is 9.47 Å². The fourth-order valence-electron chi connectivity index (χ4n) is 2.53. The maximum Gasteiger partial charge on any atom is 0.204 e. The molecule has 0 fully saturated rings. The highest BCUT2D eigenvalue weighted by atomic mass is 16.7. The van der Waals surface area contributed by atoms with Gasteiger partial charge in [0.15, 0.2) is 0 Å². The fraction of sp³-hybridized carbons (Fsp3) is 0.478. The van der Waals surface area contributed by atoms with Crippen LogP contribution in [-0.4, -0.2) is 19.5 Å². The van der Waals surface area contributed by atoms with Crippen molar-refractivity contribution >= 4 is 0 Å². The Morgan fingerprint density at radius 2 is 1.50 bits per heavy atom. The van der Waals surface area contributed by atoms with Crippen molar-refractivity contribution in [3.63, 3.8) is 0 Å². The summed E-state index contributed by atoms with van der Waals surface area (Å²) in [5.41, 5.74) is 1.20. The summed E-state index contributed by atoms with van der Waals surface area (Å²) in [4.78, 5) is 0. The molecule has 0 bridgehead atoms. The molecule has 2 rings (SSSR count). The van der Waals surface area contributed by atoms with Gasteiger partial charge in [0.05, 0.1) is 6.61 Å². The van der Waals surface area contributed by atoms with E-state index in [9.17, 15) is 0 Å². The van der Waals surface area contributed by atoms with Crippen LogP contribution in [0.1, 0.15) is 52.5 Å². The molecule has 2 atom stereocenters. The van der Waals surface area contributed by atoms with Crippen LogP contribution in [0.2, 0.25) is 0 Å². The van der Waals surface area contributed by atoms with Gasteiger partial charge in [0.2, 0.25) is 6.29 Å². The average Bonchev–Trinajstić information content (AvgIpc) is 2.64. The summed E-state index contributed by atoms with van der Waals surface area (Å²) >= 11 is 0. The normalized spacial score (nSPS) is 13.9. The van der Waals surface area contributed by atoms with E-state index in [1.54, 1.807) is 0 Å². The Hall–Kier alpha value is -2.00. The molecular weight excluding hydrogens is 324 g/mol. The quantitative estimate of drug-likeness (QED) is 0.404. The summed E-state index contributed by atoms with van der Waals surface area (Å²) in [7, 11) is 0. The summed E-state index contributed by atoms with van der Waals surface area (Å²) in [5.74, 6) is 2.25. The molecule has 0 saturated carbocycles. The van der Waals surface area contributed by atoms with Gasteiger partial charge < -0.3 is 14.2 Å². The molecule has 0 spiro atoms. The Balaban J connectivity index is 1.89. The molecule has 0 aliphatic heterocycles. The van der Waals surface area contributed by atoms with Gasteiger partial charge in [-0.05, 0) is 42.2 Å². The fourth-order valence-corrected chi connectivity index (χ4v) is 2.53. The molecule has 0 radical (unpaired) electrons. The number of rotatable bonds is 9. The van der Waals surface area contributed by atoms with Crippen LogP contribution >= 0.6 is 0 Å². The molecule has 26 heavy (non-hydrogen) atoms. The van der Waals surface area contributed by atoms with Crippen molar-refractivity contribution in [3.05, 3.63) is 60.2 Å². The van der Waals surface area contributed by atoms with Crippen LogP contribution in [0.4, 0.5) is 0 Å². The van der Waals surface area contributed by atoms with Crippen molar-refractivity contribution in [2.75, 3.05) is 13.2 Å². The van der Waals surface area contributed by atoms with Crippen LogP contribution in [0.15, 0.2) is 54.6 Å². The first-order chi connectivity index (χ1) is 12.4. The zero-order valence-corrected chi connectivity index (χ0v) is 16.7. The van der Waals surface area contributed by atoms with Gasteiger partial charge in [-0.2, -0.15) is 0 Å². The summed E-state index contributed by atoms with van der Waals surface area (Å²) in [6, 6.07) is 18.1. The predicted octanol–water partition coefficient (Wildman–Crippen LogP) is 6.05. The van der Waals surface area contributed by atoms with Gasteiger partial charge in [0.25, 0.3) is 0 Å². The van der Waals surface area contributed by atoms with Gasteiger partial charge in [-0.15, -0.1) is 0 Å². The second-order valence-electron chi connectivity index (χ2n) is 7.73. The first kappa shape index (κ1) is 20.3. The summed E-state index contributed by atoms with van der Waals surface area (Å²) in [6.45, 7) is 11.8. The third-order valence-corrected chi connectivity index (χ3v) is 4.38. The summed E-state index contributed by atoms with van der Waals surface area (Å²) in [5, 5.41) is 0.